The van der Waals surface area contributed by atoms with E-state index in [9.17, 15) is 14.7 Å². The normalized spacial score (nSPS) is 30.9. The minimum absolute atomic E-state index is 0.0670. The highest BCUT2D eigenvalue weighted by atomic mass is 16.3. The van der Waals surface area contributed by atoms with E-state index in [-0.39, 0.29) is 24.4 Å². The van der Waals surface area contributed by atoms with Gasteiger partial charge in [0, 0.05) is 44.0 Å². The van der Waals surface area contributed by atoms with Crippen molar-refractivity contribution >= 4 is 11.8 Å². The lowest BCUT2D eigenvalue weighted by Crippen LogP contribution is -2.55. The summed E-state index contributed by atoms with van der Waals surface area (Å²) in [4.78, 5) is 30.4. The van der Waals surface area contributed by atoms with Crippen molar-refractivity contribution in [2.24, 2.45) is 5.92 Å². The van der Waals surface area contributed by atoms with Crippen molar-refractivity contribution in [3.8, 4) is 0 Å². The third-order valence-corrected chi connectivity index (χ3v) is 5.69. The minimum atomic E-state index is -0.768. The summed E-state index contributed by atoms with van der Waals surface area (Å²) in [5.41, 5.74) is 6.88. The standard InChI is InChI=1S/C19H29N5O3/c1-12-15(13(2)23-22-12)5-6-18(26)24-9-7-16(17(25)11-24)21-19(27)14-4-3-8-20-10-14/h3-4,8,10,12-13,15-17,22-23,25H,5-7,9,11H2,1-2H3,(H,21,27)/t12?,13?,15?,16-,17-/m1/s1. The Bertz CT molecular complexity index is 646. The Morgan fingerprint density at radius 2 is 2.07 bits per heavy atom. The molecule has 3 heterocycles. The number of likely N-dealkylation sites (tertiary alicyclic amines) is 1. The van der Waals surface area contributed by atoms with E-state index in [0.717, 1.165) is 6.42 Å². The van der Waals surface area contributed by atoms with Crippen LogP contribution >= 0.6 is 0 Å². The van der Waals surface area contributed by atoms with Crippen LogP contribution in [0.5, 0.6) is 0 Å². The van der Waals surface area contributed by atoms with Crippen LogP contribution in [0.2, 0.25) is 0 Å². The Labute approximate surface area is 159 Å². The fourth-order valence-corrected chi connectivity index (χ4v) is 3.93. The van der Waals surface area contributed by atoms with Crippen LogP contribution in [0.3, 0.4) is 0 Å². The highest BCUT2D eigenvalue weighted by molar-refractivity contribution is 5.94. The average molecular weight is 375 g/mol. The molecule has 1 aromatic heterocycles. The fourth-order valence-electron chi connectivity index (χ4n) is 3.93. The largest absolute Gasteiger partial charge is 0.389 e. The molecule has 2 amide bonds. The molecule has 0 radical (unpaired) electrons. The van der Waals surface area contributed by atoms with Gasteiger partial charge in [-0.15, -0.1) is 0 Å². The predicted octanol–water partition coefficient (Wildman–Crippen LogP) is 0.0544. The number of nitrogens with one attached hydrogen (secondary N) is 3. The summed E-state index contributed by atoms with van der Waals surface area (Å²) in [7, 11) is 0. The second-order valence-electron chi connectivity index (χ2n) is 7.59. The number of β-amino-alcohol motifs (C(OH)–C–C–N with tert-alkyl or cyclic N) is 1. The van der Waals surface area contributed by atoms with Gasteiger partial charge in [0.2, 0.25) is 5.91 Å². The van der Waals surface area contributed by atoms with Gasteiger partial charge in [-0.1, -0.05) is 0 Å². The van der Waals surface area contributed by atoms with Crippen LogP contribution in [0.4, 0.5) is 0 Å². The Hall–Kier alpha value is -2.03. The maximum atomic E-state index is 12.5. The predicted molar refractivity (Wildman–Crippen MR) is 101 cm³/mol. The van der Waals surface area contributed by atoms with E-state index < -0.39 is 6.10 Å². The number of hydrogen-bond acceptors (Lipinski definition) is 6. The molecule has 2 aliphatic rings. The Balaban J connectivity index is 1.46. The van der Waals surface area contributed by atoms with Crippen molar-refractivity contribution in [3.05, 3.63) is 30.1 Å². The van der Waals surface area contributed by atoms with Crippen LogP contribution < -0.4 is 16.2 Å². The average Bonchev–Trinajstić information content (AvgIpc) is 2.99. The number of hydrazine groups is 1. The second kappa shape index (κ2) is 8.77. The monoisotopic (exact) mass is 375 g/mol. The topological polar surface area (TPSA) is 107 Å². The van der Waals surface area contributed by atoms with Crippen LogP contribution in [0.1, 0.15) is 43.5 Å². The number of aliphatic hydroxyl groups is 1. The van der Waals surface area contributed by atoms with Gasteiger partial charge in [-0.3, -0.25) is 25.4 Å². The Morgan fingerprint density at radius 3 is 2.70 bits per heavy atom. The zero-order chi connectivity index (χ0) is 19.4. The lowest BCUT2D eigenvalue weighted by atomic mass is 9.91. The first kappa shape index (κ1) is 19.7. The molecule has 4 atom stereocenters. The molecule has 148 valence electrons. The van der Waals surface area contributed by atoms with Crippen molar-refractivity contribution in [2.45, 2.75) is 57.3 Å². The summed E-state index contributed by atoms with van der Waals surface area (Å²) in [5, 5.41) is 13.3. The van der Waals surface area contributed by atoms with E-state index in [4.69, 9.17) is 0 Å². The van der Waals surface area contributed by atoms with E-state index >= 15 is 0 Å². The molecule has 0 aromatic carbocycles. The van der Waals surface area contributed by atoms with Gasteiger partial charge in [-0.05, 0) is 44.7 Å². The van der Waals surface area contributed by atoms with E-state index in [0.29, 0.717) is 43.0 Å². The van der Waals surface area contributed by atoms with Gasteiger partial charge < -0.3 is 15.3 Å². The third kappa shape index (κ3) is 4.82. The zero-order valence-electron chi connectivity index (χ0n) is 15.9. The molecule has 3 rings (SSSR count). The number of carbonyl (C=O) groups is 2. The maximum Gasteiger partial charge on any atom is 0.253 e. The Kier molecular flexibility index (Phi) is 6.41. The van der Waals surface area contributed by atoms with Gasteiger partial charge in [0.15, 0.2) is 0 Å². The van der Waals surface area contributed by atoms with Crippen molar-refractivity contribution in [3.63, 3.8) is 0 Å². The molecule has 2 fully saturated rings. The van der Waals surface area contributed by atoms with Gasteiger partial charge >= 0.3 is 0 Å². The maximum absolute atomic E-state index is 12.5. The van der Waals surface area contributed by atoms with E-state index in [2.05, 4.69) is 35.0 Å². The van der Waals surface area contributed by atoms with E-state index in [1.165, 1.54) is 6.20 Å². The fraction of sp³-hybridized carbons (Fsp3) is 0.632. The third-order valence-electron chi connectivity index (χ3n) is 5.69. The quantitative estimate of drug-likeness (QED) is 0.580. The summed E-state index contributed by atoms with van der Waals surface area (Å²) >= 11 is 0. The SMILES string of the molecule is CC1NNC(C)C1CCC(=O)N1CC[C@@H](NC(=O)c2cccnc2)[C@H](O)C1. The number of nitrogens with zero attached hydrogens (tertiary/aromatic N) is 2. The molecule has 1 aromatic rings. The van der Waals surface area contributed by atoms with Crippen molar-refractivity contribution < 1.29 is 14.7 Å². The van der Waals surface area contributed by atoms with Crippen molar-refractivity contribution in [1.82, 2.24) is 26.1 Å². The summed E-state index contributed by atoms with van der Waals surface area (Å²) in [6, 6.07) is 3.70. The number of carbonyl (C=O) groups excluding carboxylic acids is 2. The van der Waals surface area contributed by atoms with E-state index in [1.54, 1.807) is 23.2 Å². The molecule has 2 saturated heterocycles. The Morgan fingerprint density at radius 1 is 1.33 bits per heavy atom. The van der Waals surface area contributed by atoms with Gasteiger partial charge in [-0.25, -0.2) is 0 Å². The molecule has 8 nitrogen and oxygen atoms in total. The summed E-state index contributed by atoms with van der Waals surface area (Å²) < 4.78 is 0. The number of amides is 2. The number of pyridine rings is 1. The van der Waals surface area contributed by atoms with Crippen LogP contribution in [-0.4, -0.2) is 64.1 Å². The van der Waals surface area contributed by atoms with Crippen LogP contribution in [0.15, 0.2) is 24.5 Å². The van der Waals surface area contributed by atoms with Gasteiger partial charge in [0.05, 0.1) is 17.7 Å². The van der Waals surface area contributed by atoms with Crippen LogP contribution in [-0.2, 0) is 4.79 Å². The molecule has 0 spiro atoms. The number of rotatable bonds is 5. The highest BCUT2D eigenvalue weighted by Gasteiger charge is 2.33. The lowest BCUT2D eigenvalue weighted by molar-refractivity contribution is -0.135. The first-order chi connectivity index (χ1) is 13.0. The lowest BCUT2D eigenvalue weighted by Gasteiger charge is -2.36. The van der Waals surface area contributed by atoms with Crippen molar-refractivity contribution in [1.29, 1.82) is 0 Å². The number of aliphatic hydroxyl groups excluding tert-OH is 1. The molecule has 8 heteroatoms. The smallest absolute Gasteiger partial charge is 0.253 e. The first-order valence-corrected chi connectivity index (χ1v) is 9.63. The first-order valence-electron chi connectivity index (χ1n) is 9.63. The number of piperidine rings is 1. The molecule has 27 heavy (non-hydrogen) atoms. The summed E-state index contributed by atoms with van der Waals surface area (Å²) in [6.07, 6.45) is 4.16. The molecular weight excluding hydrogens is 346 g/mol. The van der Waals surface area contributed by atoms with Gasteiger partial charge in [-0.2, -0.15) is 0 Å². The van der Waals surface area contributed by atoms with Crippen LogP contribution in [0.25, 0.3) is 0 Å². The molecule has 2 aliphatic heterocycles. The zero-order valence-corrected chi connectivity index (χ0v) is 15.9. The van der Waals surface area contributed by atoms with Crippen molar-refractivity contribution in [2.75, 3.05) is 13.1 Å². The molecule has 0 aliphatic carbocycles. The molecule has 4 N–H and O–H groups in total. The highest BCUT2D eigenvalue weighted by Crippen LogP contribution is 2.21. The summed E-state index contributed by atoms with van der Waals surface area (Å²) in [5.74, 6) is 0.226. The van der Waals surface area contributed by atoms with Crippen LogP contribution in [0, 0.1) is 5.92 Å². The number of hydrogen-bond donors (Lipinski definition) is 4. The van der Waals surface area contributed by atoms with Gasteiger partial charge in [0.25, 0.3) is 5.91 Å². The molecule has 0 bridgehead atoms. The van der Waals surface area contributed by atoms with Gasteiger partial charge in [0.1, 0.15) is 0 Å². The number of aromatic nitrogens is 1. The van der Waals surface area contributed by atoms with E-state index in [1.807, 2.05) is 0 Å². The summed E-state index contributed by atoms with van der Waals surface area (Å²) in [6.45, 7) is 5.03. The minimum Gasteiger partial charge on any atom is -0.389 e. The second-order valence-corrected chi connectivity index (χ2v) is 7.59. The molecule has 0 saturated carbocycles. The molecule has 2 unspecified atom stereocenters. The molecular formula is C19H29N5O3.